The van der Waals surface area contributed by atoms with Crippen molar-refractivity contribution in [1.82, 2.24) is 0 Å². The number of hydrogen-bond donors (Lipinski definition) is 0. The van der Waals surface area contributed by atoms with Crippen LogP contribution in [-0.2, 0) is 28.6 Å². The minimum atomic E-state index is -0.987. The van der Waals surface area contributed by atoms with Crippen molar-refractivity contribution in [3.8, 4) is 0 Å². The maximum atomic E-state index is 13.7. The third kappa shape index (κ3) is 2.34. The summed E-state index contributed by atoms with van der Waals surface area (Å²) < 4.78 is 23.2. The summed E-state index contributed by atoms with van der Waals surface area (Å²) in [7, 11) is 1.37. The molecule has 7 heteroatoms. The van der Waals surface area contributed by atoms with Crippen LogP contribution in [0.3, 0.4) is 0 Å². The number of ether oxygens (including phenoxy) is 3. The van der Waals surface area contributed by atoms with Gasteiger partial charge in [-0.15, -0.1) is 0 Å². The molecular formula is C27H30O7. The molecule has 2 saturated heterocycles. The van der Waals surface area contributed by atoms with Crippen LogP contribution in [-0.4, -0.2) is 43.1 Å². The predicted molar refractivity (Wildman–Crippen MR) is 119 cm³/mol. The Morgan fingerprint density at radius 3 is 2.65 bits per heavy atom. The zero-order chi connectivity index (χ0) is 24.2. The fourth-order valence-electron chi connectivity index (χ4n) is 8.41. The number of allylic oxidation sites excluding steroid dienone is 2. The van der Waals surface area contributed by atoms with E-state index in [1.165, 1.54) is 18.8 Å². The van der Waals surface area contributed by atoms with E-state index in [0.29, 0.717) is 0 Å². The second kappa shape index (κ2) is 6.72. The van der Waals surface area contributed by atoms with E-state index in [0.717, 1.165) is 17.6 Å². The molecule has 0 unspecified atom stereocenters. The summed E-state index contributed by atoms with van der Waals surface area (Å²) in [5, 5.41) is 0. The van der Waals surface area contributed by atoms with Gasteiger partial charge in [0.25, 0.3) is 0 Å². The van der Waals surface area contributed by atoms with Crippen molar-refractivity contribution in [2.24, 2.45) is 28.1 Å². The summed E-state index contributed by atoms with van der Waals surface area (Å²) >= 11 is 0. The number of hydrogen-bond acceptors (Lipinski definition) is 7. The minimum Gasteiger partial charge on any atom is -0.472 e. The Morgan fingerprint density at radius 2 is 1.97 bits per heavy atom. The summed E-state index contributed by atoms with van der Waals surface area (Å²) in [5.74, 6) is -1.46. The number of rotatable bonds is 3. The fraction of sp³-hybridized carbons (Fsp3) is 0.593. The lowest BCUT2D eigenvalue weighted by molar-refractivity contribution is -0.190. The molecule has 1 aromatic heterocycles. The van der Waals surface area contributed by atoms with Gasteiger partial charge < -0.3 is 18.6 Å². The van der Waals surface area contributed by atoms with Crippen molar-refractivity contribution in [3.05, 3.63) is 47.5 Å². The Morgan fingerprint density at radius 1 is 1.21 bits per heavy atom. The van der Waals surface area contributed by atoms with Crippen LogP contribution in [0.15, 0.2) is 46.3 Å². The molecule has 0 N–H and O–H groups in total. The van der Waals surface area contributed by atoms with Gasteiger partial charge in [-0.2, -0.15) is 0 Å². The molecule has 5 aliphatic rings. The van der Waals surface area contributed by atoms with Crippen molar-refractivity contribution >= 4 is 17.7 Å². The monoisotopic (exact) mass is 466 g/mol. The van der Waals surface area contributed by atoms with Gasteiger partial charge in [-0.25, -0.2) is 0 Å². The number of furan rings is 1. The quantitative estimate of drug-likeness (QED) is 0.495. The Balaban J connectivity index is 1.58. The van der Waals surface area contributed by atoms with Gasteiger partial charge in [-0.05, 0) is 49.5 Å². The molecule has 0 amide bonds. The summed E-state index contributed by atoms with van der Waals surface area (Å²) in [5.41, 5.74) is 0.794. The normalized spacial score (nSPS) is 46.3. The van der Waals surface area contributed by atoms with Crippen LogP contribution >= 0.6 is 0 Å². The third-order valence-electron chi connectivity index (χ3n) is 9.91. The second-order valence-corrected chi connectivity index (χ2v) is 11.2. The summed E-state index contributed by atoms with van der Waals surface area (Å²) in [6.07, 6.45) is 6.29. The van der Waals surface area contributed by atoms with E-state index in [9.17, 15) is 14.4 Å². The van der Waals surface area contributed by atoms with Crippen molar-refractivity contribution < 1.29 is 33.0 Å². The Bertz CT molecular complexity index is 1160. The maximum Gasteiger partial charge on any atom is 0.316 e. The van der Waals surface area contributed by atoms with E-state index in [2.05, 4.69) is 13.8 Å². The molecule has 3 heterocycles. The average Bonchev–Trinajstić information content (AvgIpc) is 3.54. The van der Waals surface area contributed by atoms with Crippen molar-refractivity contribution in [3.63, 3.8) is 0 Å². The SMILES string of the molecule is COC(=O)C[C@H]1[C@]2(C)C3=C(C)[C@H](c4ccoc4)C[C@@H]3O[C@H]2[C@H]2OC(=O)[C@]3(C)C=CC(=O)[C@@]1(C)[C@H]23. The van der Waals surface area contributed by atoms with Crippen LogP contribution in [0.4, 0.5) is 0 Å². The molecule has 34 heavy (non-hydrogen) atoms. The number of ketones is 1. The van der Waals surface area contributed by atoms with Gasteiger partial charge in [0.1, 0.15) is 12.2 Å². The van der Waals surface area contributed by atoms with Crippen LogP contribution in [0.1, 0.15) is 52.0 Å². The number of methoxy groups -OCH3 is 1. The Hall–Kier alpha value is -2.67. The van der Waals surface area contributed by atoms with E-state index in [1.807, 2.05) is 19.9 Å². The van der Waals surface area contributed by atoms with Crippen LogP contribution < -0.4 is 0 Å². The molecule has 1 saturated carbocycles. The van der Waals surface area contributed by atoms with Crippen LogP contribution in [0.2, 0.25) is 0 Å². The van der Waals surface area contributed by atoms with Gasteiger partial charge in [-0.3, -0.25) is 14.4 Å². The number of fused-ring (bicyclic) bond motifs is 4. The molecule has 6 rings (SSSR count). The van der Waals surface area contributed by atoms with Crippen LogP contribution in [0, 0.1) is 28.1 Å². The molecule has 0 aromatic carbocycles. The molecule has 9 atom stereocenters. The zero-order valence-corrected chi connectivity index (χ0v) is 20.1. The van der Waals surface area contributed by atoms with Crippen molar-refractivity contribution in [2.75, 3.05) is 7.11 Å². The molecule has 3 aliphatic carbocycles. The Kier molecular flexibility index (Phi) is 4.31. The van der Waals surface area contributed by atoms with Crippen molar-refractivity contribution in [2.45, 2.75) is 64.8 Å². The van der Waals surface area contributed by atoms with E-state index >= 15 is 0 Å². The molecule has 3 fully saturated rings. The van der Waals surface area contributed by atoms with E-state index < -0.39 is 40.3 Å². The lowest BCUT2D eigenvalue weighted by atomic mass is 9.42. The first-order chi connectivity index (χ1) is 16.1. The van der Waals surface area contributed by atoms with Gasteiger partial charge >= 0.3 is 11.9 Å². The Labute approximate surface area is 198 Å². The van der Waals surface area contributed by atoms with Gasteiger partial charge in [0, 0.05) is 22.7 Å². The smallest absolute Gasteiger partial charge is 0.316 e. The van der Waals surface area contributed by atoms with E-state index in [4.69, 9.17) is 18.6 Å². The second-order valence-electron chi connectivity index (χ2n) is 11.2. The lowest BCUT2D eigenvalue weighted by Gasteiger charge is -2.59. The summed E-state index contributed by atoms with van der Waals surface area (Å²) in [4.78, 5) is 39.6. The molecule has 0 radical (unpaired) electrons. The molecule has 180 valence electrons. The first-order valence-electron chi connectivity index (χ1n) is 12.0. The van der Waals surface area contributed by atoms with Crippen molar-refractivity contribution in [1.29, 1.82) is 0 Å². The molecule has 0 spiro atoms. The van der Waals surface area contributed by atoms with Gasteiger partial charge in [-0.1, -0.05) is 25.5 Å². The largest absolute Gasteiger partial charge is 0.472 e. The highest BCUT2D eigenvalue weighted by atomic mass is 16.6. The topological polar surface area (TPSA) is 92.0 Å². The minimum absolute atomic E-state index is 0.0658. The summed E-state index contributed by atoms with van der Waals surface area (Å²) in [6, 6.07) is 1.97. The highest BCUT2D eigenvalue weighted by Gasteiger charge is 2.77. The highest BCUT2D eigenvalue weighted by Crippen LogP contribution is 2.72. The highest BCUT2D eigenvalue weighted by molar-refractivity contribution is 6.00. The van der Waals surface area contributed by atoms with Crippen LogP contribution in [0.25, 0.3) is 0 Å². The zero-order valence-electron chi connectivity index (χ0n) is 20.1. The maximum absolute atomic E-state index is 13.7. The molecule has 0 bridgehead atoms. The van der Waals surface area contributed by atoms with Gasteiger partial charge in [0.2, 0.25) is 0 Å². The number of carbonyl (C=O) groups excluding carboxylic acids is 3. The molecular weight excluding hydrogens is 436 g/mol. The average molecular weight is 467 g/mol. The van der Waals surface area contributed by atoms with Crippen LogP contribution in [0.5, 0.6) is 0 Å². The number of esters is 2. The predicted octanol–water partition coefficient (Wildman–Crippen LogP) is 3.74. The molecule has 1 aromatic rings. The first-order valence-corrected chi connectivity index (χ1v) is 12.0. The summed E-state index contributed by atoms with van der Waals surface area (Å²) in [6.45, 7) is 7.96. The fourth-order valence-corrected chi connectivity index (χ4v) is 8.41. The first kappa shape index (κ1) is 21.8. The lowest BCUT2D eigenvalue weighted by Crippen LogP contribution is -2.66. The van der Waals surface area contributed by atoms with Gasteiger partial charge in [0.05, 0.1) is 37.6 Å². The standard InChI is InChI=1S/C27H30O7/c1-13-15(14-7-9-32-12-14)10-16-20(13)27(4)17(11-19(29)31-5)26(3)18(28)6-8-25(2)22(26)21(23(27)33-16)34-24(25)30/h6-9,12,15-17,21-23H,10-11H2,1-5H3/t15-,16+,17-,21+,22-,23+,25-,26+,27-/m1/s1. The van der Waals surface area contributed by atoms with E-state index in [1.54, 1.807) is 18.6 Å². The van der Waals surface area contributed by atoms with Gasteiger partial charge in [0.15, 0.2) is 5.78 Å². The van der Waals surface area contributed by atoms with E-state index in [-0.39, 0.29) is 36.2 Å². The number of carbonyl (C=O) groups is 3. The third-order valence-corrected chi connectivity index (χ3v) is 9.91. The molecule has 2 aliphatic heterocycles. The molecule has 7 nitrogen and oxygen atoms in total.